The number of alkyl halides is 2. The second kappa shape index (κ2) is 7.02. The lowest BCUT2D eigenvalue weighted by molar-refractivity contribution is 0.142. The van der Waals surface area contributed by atoms with Crippen molar-refractivity contribution >= 4 is 15.9 Å². The van der Waals surface area contributed by atoms with Crippen molar-refractivity contribution in [3.05, 3.63) is 22.4 Å². The Labute approximate surface area is 115 Å². The molecule has 0 saturated carbocycles. The Hall–Kier alpha value is -0.710. The van der Waals surface area contributed by atoms with E-state index < -0.39 is 6.43 Å². The van der Waals surface area contributed by atoms with Crippen molar-refractivity contribution < 1.29 is 13.5 Å². The van der Waals surface area contributed by atoms with Crippen molar-refractivity contribution in [1.29, 1.82) is 0 Å². The topological polar surface area (TPSA) is 22.1 Å². The first-order valence-corrected chi connectivity index (χ1v) is 6.75. The largest absolute Gasteiger partial charge is 0.491 e. The average molecular weight is 322 g/mol. The molecule has 0 aromatic carbocycles. The predicted molar refractivity (Wildman–Crippen MR) is 71.0 cm³/mol. The number of rotatable bonds is 6. The number of pyridine rings is 1. The highest BCUT2D eigenvalue weighted by atomic mass is 79.9. The minimum atomic E-state index is -2.56. The molecule has 0 N–H and O–H groups in total. The van der Waals surface area contributed by atoms with Crippen molar-refractivity contribution in [1.82, 2.24) is 4.98 Å². The van der Waals surface area contributed by atoms with Crippen LogP contribution in [0.25, 0.3) is 0 Å². The van der Waals surface area contributed by atoms with Crippen LogP contribution < -0.4 is 4.74 Å². The van der Waals surface area contributed by atoms with Gasteiger partial charge in [0.2, 0.25) is 0 Å². The first kappa shape index (κ1) is 15.3. The van der Waals surface area contributed by atoms with Gasteiger partial charge in [0.25, 0.3) is 6.43 Å². The molecule has 2 nitrogen and oxygen atoms in total. The van der Waals surface area contributed by atoms with Crippen LogP contribution in [0.15, 0.2) is 16.9 Å². The smallest absolute Gasteiger partial charge is 0.267 e. The molecule has 0 bridgehead atoms. The van der Waals surface area contributed by atoms with Gasteiger partial charge in [-0.15, -0.1) is 0 Å². The lowest BCUT2D eigenvalue weighted by Gasteiger charge is -2.16. The van der Waals surface area contributed by atoms with Gasteiger partial charge in [0.15, 0.2) is 0 Å². The summed E-state index contributed by atoms with van der Waals surface area (Å²) in [6, 6.07) is 1.30. The molecule has 0 aliphatic carbocycles. The SMILES string of the molecule is CC(C)C[C@H](C)COc1cnc(Br)cc1C(F)F. The molecule has 1 rings (SSSR count). The van der Waals surface area contributed by atoms with Crippen molar-refractivity contribution in [3.8, 4) is 5.75 Å². The fourth-order valence-electron chi connectivity index (χ4n) is 1.83. The molecule has 0 spiro atoms. The predicted octanol–water partition coefficient (Wildman–Crippen LogP) is 4.84. The Morgan fingerprint density at radius 3 is 2.56 bits per heavy atom. The van der Waals surface area contributed by atoms with Crippen molar-refractivity contribution in [2.75, 3.05) is 6.61 Å². The zero-order valence-electron chi connectivity index (χ0n) is 10.8. The lowest BCUT2D eigenvalue weighted by atomic mass is 10.00. The van der Waals surface area contributed by atoms with Gasteiger partial charge < -0.3 is 4.74 Å². The first-order valence-electron chi connectivity index (χ1n) is 5.96. The van der Waals surface area contributed by atoms with E-state index in [2.05, 4.69) is 34.8 Å². The van der Waals surface area contributed by atoms with Crippen LogP contribution in [0.5, 0.6) is 5.75 Å². The van der Waals surface area contributed by atoms with Crippen LogP contribution in [0.3, 0.4) is 0 Å². The highest BCUT2D eigenvalue weighted by Crippen LogP contribution is 2.30. The standard InChI is InChI=1S/C13H18BrF2NO/c1-8(2)4-9(3)7-18-11-6-17-12(14)5-10(11)13(15)16/h5-6,8-9,13H,4,7H2,1-3H3/t9-/m0/s1. The van der Waals surface area contributed by atoms with Gasteiger partial charge in [-0.1, -0.05) is 20.8 Å². The molecule has 1 heterocycles. The summed E-state index contributed by atoms with van der Waals surface area (Å²) in [4.78, 5) is 3.92. The number of hydrogen-bond donors (Lipinski definition) is 0. The van der Waals surface area contributed by atoms with Gasteiger partial charge in [-0.2, -0.15) is 0 Å². The maximum absolute atomic E-state index is 12.8. The van der Waals surface area contributed by atoms with E-state index in [1.165, 1.54) is 12.3 Å². The molecular formula is C13H18BrF2NO. The molecule has 1 aromatic rings. The molecule has 0 aliphatic heterocycles. The number of halogens is 3. The minimum Gasteiger partial charge on any atom is -0.491 e. The second-order valence-electron chi connectivity index (χ2n) is 4.89. The Kier molecular flexibility index (Phi) is 5.99. The third-order valence-corrected chi connectivity index (χ3v) is 2.93. The molecular weight excluding hydrogens is 304 g/mol. The molecule has 18 heavy (non-hydrogen) atoms. The summed E-state index contributed by atoms with van der Waals surface area (Å²) < 4.78 is 31.5. The molecule has 0 radical (unpaired) electrons. The molecule has 0 saturated heterocycles. The Morgan fingerprint density at radius 1 is 1.33 bits per heavy atom. The van der Waals surface area contributed by atoms with E-state index >= 15 is 0 Å². The molecule has 0 amide bonds. The highest BCUT2D eigenvalue weighted by Gasteiger charge is 2.16. The number of ether oxygens (including phenoxy) is 1. The van der Waals surface area contributed by atoms with Crippen LogP contribution in [0.4, 0.5) is 8.78 Å². The third kappa shape index (κ3) is 4.88. The van der Waals surface area contributed by atoms with E-state index in [0.29, 0.717) is 23.0 Å². The van der Waals surface area contributed by atoms with Gasteiger partial charge in [-0.25, -0.2) is 13.8 Å². The van der Waals surface area contributed by atoms with E-state index in [1.54, 1.807) is 0 Å². The van der Waals surface area contributed by atoms with E-state index in [4.69, 9.17) is 4.74 Å². The quantitative estimate of drug-likeness (QED) is 0.699. The molecule has 0 aliphatic rings. The van der Waals surface area contributed by atoms with Crippen molar-refractivity contribution in [2.45, 2.75) is 33.6 Å². The van der Waals surface area contributed by atoms with Gasteiger partial charge in [0, 0.05) is 0 Å². The van der Waals surface area contributed by atoms with Gasteiger partial charge in [-0.3, -0.25) is 0 Å². The summed E-state index contributed by atoms with van der Waals surface area (Å²) >= 11 is 3.08. The summed E-state index contributed by atoms with van der Waals surface area (Å²) in [5, 5.41) is 0. The number of aromatic nitrogens is 1. The fourth-order valence-corrected chi connectivity index (χ4v) is 2.18. The Morgan fingerprint density at radius 2 is 2.00 bits per heavy atom. The molecule has 0 unspecified atom stereocenters. The Balaban J connectivity index is 2.67. The summed E-state index contributed by atoms with van der Waals surface area (Å²) in [5.41, 5.74) is -0.117. The molecule has 102 valence electrons. The summed E-state index contributed by atoms with van der Waals surface area (Å²) in [7, 11) is 0. The second-order valence-corrected chi connectivity index (χ2v) is 5.70. The molecule has 5 heteroatoms. The Bertz CT molecular complexity index is 385. The zero-order chi connectivity index (χ0) is 13.7. The first-order chi connectivity index (χ1) is 8.40. The summed E-state index contributed by atoms with van der Waals surface area (Å²) in [6.07, 6.45) is -0.207. The molecule has 1 atom stereocenters. The van der Waals surface area contributed by atoms with E-state index in [0.717, 1.165) is 6.42 Å². The highest BCUT2D eigenvalue weighted by molar-refractivity contribution is 9.10. The van der Waals surface area contributed by atoms with Crippen LogP contribution in [0.2, 0.25) is 0 Å². The van der Waals surface area contributed by atoms with E-state index in [1.807, 2.05) is 6.92 Å². The minimum absolute atomic E-state index is 0.117. The van der Waals surface area contributed by atoms with Gasteiger partial charge in [0.1, 0.15) is 10.4 Å². The monoisotopic (exact) mass is 321 g/mol. The summed E-state index contributed by atoms with van der Waals surface area (Å²) in [6.45, 7) is 6.74. The van der Waals surface area contributed by atoms with Crippen LogP contribution in [-0.4, -0.2) is 11.6 Å². The molecule has 1 aromatic heterocycles. The third-order valence-electron chi connectivity index (χ3n) is 2.50. The lowest BCUT2D eigenvalue weighted by Crippen LogP contribution is -2.12. The number of nitrogens with zero attached hydrogens (tertiary/aromatic N) is 1. The van der Waals surface area contributed by atoms with Crippen molar-refractivity contribution in [3.63, 3.8) is 0 Å². The normalized spacial score (nSPS) is 13.1. The van der Waals surface area contributed by atoms with E-state index in [9.17, 15) is 8.78 Å². The molecule has 0 fully saturated rings. The number of hydrogen-bond acceptors (Lipinski definition) is 2. The average Bonchev–Trinajstić information content (AvgIpc) is 2.26. The maximum Gasteiger partial charge on any atom is 0.267 e. The summed E-state index contributed by atoms with van der Waals surface area (Å²) in [5.74, 6) is 1.07. The van der Waals surface area contributed by atoms with Gasteiger partial charge in [-0.05, 0) is 40.3 Å². The van der Waals surface area contributed by atoms with Crippen LogP contribution in [0.1, 0.15) is 39.2 Å². The van der Waals surface area contributed by atoms with Crippen LogP contribution in [-0.2, 0) is 0 Å². The van der Waals surface area contributed by atoms with Gasteiger partial charge in [0.05, 0.1) is 18.4 Å². The van der Waals surface area contributed by atoms with Gasteiger partial charge >= 0.3 is 0 Å². The van der Waals surface area contributed by atoms with Crippen LogP contribution in [0, 0.1) is 11.8 Å². The van der Waals surface area contributed by atoms with Crippen molar-refractivity contribution in [2.24, 2.45) is 11.8 Å². The maximum atomic E-state index is 12.8. The zero-order valence-corrected chi connectivity index (χ0v) is 12.4. The van der Waals surface area contributed by atoms with E-state index in [-0.39, 0.29) is 11.3 Å². The van der Waals surface area contributed by atoms with Crippen LogP contribution >= 0.6 is 15.9 Å². The fraction of sp³-hybridized carbons (Fsp3) is 0.615.